The molecule has 0 fully saturated rings. The van der Waals surface area contributed by atoms with E-state index in [1.54, 1.807) is 6.92 Å². The molecule has 0 heterocycles. The monoisotopic (exact) mass is 182 g/mol. The maximum Gasteiger partial charge on any atom is 0.333 e. The summed E-state index contributed by atoms with van der Waals surface area (Å²) in [4.78, 5) is 21.1. The Morgan fingerprint density at radius 1 is 1.54 bits per heavy atom. The molecule has 0 saturated carbocycles. The molecule has 70 valence electrons. The normalized spacial score (nSPS) is 11.2. The van der Waals surface area contributed by atoms with Crippen molar-refractivity contribution < 1.29 is 14.7 Å². The summed E-state index contributed by atoms with van der Waals surface area (Å²) in [5, 5.41) is 18.9. The predicted molar refractivity (Wildman–Crippen MR) is 44.4 cm³/mol. The van der Waals surface area contributed by atoms with E-state index in [1.807, 2.05) is 0 Å². The van der Waals surface area contributed by atoms with Gasteiger partial charge in [0.25, 0.3) is 0 Å². The predicted octanol–water partition coefficient (Wildman–Crippen LogP) is 0.395. The number of allylic oxidation sites excluding steroid dienone is 1. The summed E-state index contributed by atoms with van der Waals surface area (Å²) in [6, 6.07) is 1.35. The van der Waals surface area contributed by atoms with Crippen molar-refractivity contribution >= 4 is 11.9 Å². The Labute approximate surface area is 75.7 Å². The molecule has 0 aliphatic carbocycles. The Hall–Kier alpha value is -1.83. The van der Waals surface area contributed by atoms with Gasteiger partial charge in [0.1, 0.15) is 0 Å². The molecule has 5 nitrogen and oxygen atoms in total. The van der Waals surface area contributed by atoms with Gasteiger partial charge in [-0.1, -0.05) is 6.92 Å². The average Bonchev–Trinajstić information content (AvgIpc) is 2.12. The fraction of sp³-hybridized carbons (Fsp3) is 0.375. The number of rotatable bonds is 3. The Morgan fingerprint density at radius 3 is 2.38 bits per heavy atom. The summed E-state index contributed by atoms with van der Waals surface area (Å²) in [5.41, 5.74) is 0.310. The number of aliphatic carboxylic acids is 1. The minimum absolute atomic E-state index is 0.0473. The van der Waals surface area contributed by atoms with Crippen LogP contribution in [0.4, 0.5) is 0 Å². The van der Waals surface area contributed by atoms with E-state index < -0.39 is 11.9 Å². The third-order valence-corrected chi connectivity index (χ3v) is 1.49. The molecule has 0 aromatic heterocycles. The third-order valence-electron chi connectivity index (χ3n) is 1.49. The topological polar surface area (TPSA) is 90.2 Å². The maximum absolute atomic E-state index is 10.6. The minimum Gasteiger partial charge on any atom is -0.478 e. The first-order valence-electron chi connectivity index (χ1n) is 3.67. The SMILES string of the molecule is CCC(NC(=O)C#N)=C(C)C(=O)O. The smallest absolute Gasteiger partial charge is 0.333 e. The van der Waals surface area contributed by atoms with Crippen molar-refractivity contribution in [1.82, 2.24) is 5.32 Å². The van der Waals surface area contributed by atoms with Gasteiger partial charge in [-0.05, 0) is 13.3 Å². The van der Waals surface area contributed by atoms with Crippen molar-refractivity contribution in [2.45, 2.75) is 20.3 Å². The number of carboxylic acids is 1. The Bertz CT molecular complexity index is 299. The highest BCUT2D eigenvalue weighted by Crippen LogP contribution is 2.04. The van der Waals surface area contributed by atoms with Crippen LogP contribution in [0, 0.1) is 11.3 Å². The van der Waals surface area contributed by atoms with E-state index in [0.29, 0.717) is 6.42 Å². The Morgan fingerprint density at radius 2 is 2.08 bits per heavy atom. The van der Waals surface area contributed by atoms with Crippen LogP contribution in [0.5, 0.6) is 0 Å². The number of carbonyl (C=O) groups is 2. The van der Waals surface area contributed by atoms with Gasteiger partial charge in [-0.25, -0.2) is 4.79 Å². The number of nitrogens with zero attached hydrogens (tertiary/aromatic N) is 1. The molecular formula is C8H10N2O3. The Balaban J connectivity index is 4.71. The first-order valence-corrected chi connectivity index (χ1v) is 3.67. The molecule has 5 heteroatoms. The molecular weight excluding hydrogens is 172 g/mol. The lowest BCUT2D eigenvalue weighted by Crippen LogP contribution is -2.23. The van der Waals surface area contributed by atoms with E-state index in [0.717, 1.165) is 0 Å². The van der Waals surface area contributed by atoms with Crippen LogP contribution in [0.25, 0.3) is 0 Å². The zero-order chi connectivity index (χ0) is 10.4. The van der Waals surface area contributed by atoms with E-state index in [1.165, 1.54) is 13.0 Å². The highest BCUT2D eigenvalue weighted by atomic mass is 16.4. The van der Waals surface area contributed by atoms with E-state index in [-0.39, 0.29) is 11.3 Å². The second kappa shape index (κ2) is 4.93. The summed E-state index contributed by atoms with van der Waals surface area (Å²) >= 11 is 0. The molecule has 0 radical (unpaired) electrons. The molecule has 13 heavy (non-hydrogen) atoms. The van der Waals surface area contributed by atoms with Crippen LogP contribution in [0.15, 0.2) is 11.3 Å². The van der Waals surface area contributed by atoms with Gasteiger partial charge in [-0.3, -0.25) is 4.79 Å². The second-order valence-electron chi connectivity index (χ2n) is 2.33. The highest BCUT2D eigenvalue weighted by molar-refractivity contribution is 5.94. The first kappa shape index (κ1) is 11.2. The standard InChI is InChI=1S/C8H10N2O3/c1-3-6(5(2)8(12)13)10-7(11)4-9/h3H2,1-2H3,(H,10,11)(H,12,13). The number of hydrogen-bond donors (Lipinski definition) is 2. The number of carbonyl (C=O) groups excluding carboxylic acids is 1. The van der Waals surface area contributed by atoms with Crippen LogP contribution in [0.3, 0.4) is 0 Å². The van der Waals surface area contributed by atoms with E-state index in [4.69, 9.17) is 10.4 Å². The van der Waals surface area contributed by atoms with Gasteiger partial charge < -0.3 is 10.4 Å². The molecule has 0 saturated heterocycles. The maximum atomic E-state index is 10.6. The number of carboxylic acid groups (broad SMARTS) is 1. The van der Waals surface area contributed by atoms with Gasteiger partial charge in [0.05, 0.1) is 5.57 Å². The number of amides is 1. The lowest BCUT2D eigenvalue weighted by atomic mass is 10.2. The molecule has 0 bridgehead atoms. The van der Waals surface area contributed by atoms with Crippen molar-refractivity contribution in [2.24, 2.45) is 0 Å². The van der Waals surface area contributed by atoms with E-state index >= 15 is 0 Å². The molecule has 0 aliphatic heterocycles. The van der Waals surface area contributed by atoms with E-state index in [2.05, 4.69) is 5.32 Å². The number of nitrogens with one attached hydrogen (secondary N) is 1. The van der Waals surface area contributed by atoms with Crippen LogP contribution in [0.2, 0.25) is 0 Å². The van der Waals surface area contributed by atoms with Crippen molar-refractivity contribution in [3.63, 3.8) is 0 Å². The highest BCUT2D eigenvalue weighted by Gasteiger charge is 2.09. The molecule has 1 amide bonds. The largest absolute Gasteiger partial charge is 0.478 e. The molecule has 0 aromatic rings. The fourth-order valence-electron chi connectivity index (χ4n) is 0.741. The van der Waals surface area contributed by atoms with Crippen LogP contribution in [-0.4, -0.2) is 17.0 Å². The van der Waals surface area contributed by atoms with Gasteiger partial charge in [-0.2, -0.15) is 5.26 Å². The lowest BCUT2D eigenvalue weighted by molar-refractivity contribution is -0.132. The van der Waals surface area contributed by atoms with Gasteiger partial charge in [0.15, 0.2) is 6.07 Å². The zero-order valence-electron chi connectivity index (χ0n) is 7.42. The molecule has 2 N–H and O–H groups in total. The van der Waals surface area contributed by atoms with Crippen molar-refractivity contribution in [2.75, 3.05) is 0 Å². The summed E-state index contributed by atoms with van der Waals surface area (Å²) in [7, 11) is 0. The summed E-state index contributed by atoms with van der Waals surface area (Å²) in [6.45, 7) is 3.07. The van der Waals surface area contributed by atoms with Crippen molar-refractivity contribution in [3.05, 3.63) is 11.3 Å². The quantitative estimate of drug-likeness (QED) is 0.488. The van der Waals surface area contributed by atoms with Crippen LogP contribution < -0.4 is 5.32 Å². The molecule has 0 rings (SSSR count). The van der Waals surface area contributed by atoms with Crippen molar-refractivity contribution in [1.29, 1.82) is 5.26 Å². The van der Waals surface area contributed by atoms with Crippen molar-refractivity contribution in [3.8, 4) is 6.07 Å². The van der Waals surface area contributed by atoms with Gasteiger partial charge in [-0.15, -0.1) is 0 Å². The fourth-order valence-corrected chi connectivity index (χ4v) is 0.741. The first-order chi connectivity index (χ1) is 6.02. The molecule has 0 aliphatic rings. The average molecular weight is 182 g/mol. The Kier molecular flexibility index (Phi) is 4.24. The molecule has 0 spiro atoms. The summed E-state index contributed by atoms with van der Waals surface area (Å²) in [6.07, 6.45) is 0.367. The van der Waals surface area contributed by atoms with E-state index in [9.17, 15) is 9.59 Å². The lowest BCUT2D eigenvalue weighted by Gasteiger charge is -2.05. The summed E-state index contributed by atoms with van der Waals surface area (Å²) < 4.78 is 0. The molecule has 0 aromatic carbocycles. The van der Waals surface area contributed by atoms with Gasteiger partial charge in [0, 0.05) is 5.70 Å². The summed E-state index contributed by atoms with van der Waals surface area (Å²) in [5.74, 6) is -1.95. The van der Waals surface area contributed by atoms with Crippen LogP contribution >= 0.6 is 0 Å². The number of hydrogen-bond acceptors (Lipinski definition) is 3. The second-order valence-corrected chi connectivity index (χ2v) is 2.33. The third kappa shape index (κ3) is 3.38. The number of nitriles is 1. The molecule has 0 atom stereocenters. The minimum atomic E-state index is -1.10. The molecule has 0 unspecified atom stereocenters. The zero-order valence-corrected chi connectivity index (χ0v) is 7.42. The van der Waals surface area contributed by atoms with Crippen LogP contribution in [-0.2, 0) is 9.59 Å². The van der Waals surface area contributed by atoms with Gasteiger partial charge in [0.2, 0.25) is 0 Å². The van der Waals surface area contributed by atoms with Gasteiger partial charge >= 0.3 is 11.9 Å². The van der Waals surface area contributed by atoms with Crippen LogP contribution in [0.1, 0.15) is 20.3 Å².